The second kappa shape index (κ2) is 7.85. The number of hydrogen-bond acceptors (Lipinski definition) is 4. The van der Waals surface area contributed by atoms with Gasteiger partial charge in [-0.05, 0) is 48.9 Å². The van der Waals surface area contributed by atoms with Crippen LogP contribution in [0.25, 0.3) is 0 Å². The summed E-state index contributed by atoms with van der Waals surface area (Å²) in [6.45, 7) is 7.00. The van der Waals surface area contributed by atoms with E-state index in [0.717, 1.165) is 17.5 Å². The fourth-order valence-corrected chi connectivity index (χ4v) is 4.19. The highest BCUT2D eigenvalue weighted by Gasteiger charge is 2.25. The number of carbonyl (C=O) groups excluding carboxylic acids is 1. The Hall–Kier alpha value is -1.44. The van der Waals surface area contributed by atoms with E-state index in [4.69, 9.17) is 5.73 Å². The average Bonchev–Trinajstić information content (AvgIpc) is 2.81. The maximum Gasteiger partial charge on any atom is 0.240 e. The smallest absolute Gasteiger partial charge is 0.240 e. The van der Waals surface area contributed by atoms with Crippen molar-refractivity contribution in [2.24, 2.45) is 5.73 Å². The molecule has 0 fully saturated rings. The van der Waals surface area contributed by atoms with Crippen LogP contribution in [0.5, 0.6) is 0 Å². The highest BCUT2D eigenvalue weighted by atomic mass is 32.2. The molecule has 0 unspecified atom stereocenters. The predicted octanol–water partition coefficient (Wildman–Crippen LogP) is 1.43. The van der Waals surface area contributed by atoms with E-state index in [0.29, 0.717) is 32.4 Å². The minimum absolute atomic E-state index is 0.0562. The quantitative estimate of drug-likeness (QED) is 0.795. The molecule has 0 radical (unpaired) electrons. The van der Waals surface area contributed by atoms with Gasteiger partial charge in [-0.1, -0.05) is 19.9 Å². The molecular weight excluding hydrogens is 338 g/mol. The van der Waals surface area contributed by atoms with Crippen molar-refractivity contribution in [1.82, 2.24) is 9.62 Å². The first-order chi connectivity index (χ1) is 11.7. The molecule has 1 heterocycles. The third-order valence-electron chi connectivity index (χ3n) is 5.26. The van der Waals surface area contributed by atoms with E-state index in [2.05, 4.69) is 4.72 Å². The van der Waals surface area contributed by atoms with Gasteiger partial charge in [-0.15, -0.1) is 0 Å². The molecule has 0 atom stereocenters. The Bertz CT molecular complexity index is 727. The number of benzene rings is 1. The van der Waals surface area contributed by atoms with Gasteiger partial charge in [-0.2, -0.15) is 0 Å². The zero-order chi connectivity index (χ0) is 18.7. The first kappa shape index (κ1) is 19.9. The largest absolute Gasteiger partial charge is 0.342 e. The van der Waals surface area contributed by atoms with Gasteiger partial charge in [0.15, 0.2) is 0 Å². The number of nitrogens with one attached hydrogen (secondary N) is 1. The molecule has 3 N–H and O–H groups in total. The predicted molar refractivity (Wildman–Crippen MR) is 98.8 cm³/mol. The topological polar surface area (TPSA) is 92.5 Å². The van der Waals surface area contributed by atoms with Gasteiger partial charge in [-0.3, -0.25) is 4.79 Å². The van der Waals surface area contributed by atoms with Crippen LogP contribution in [0.2, 0.25) is 0 Å². The summed E-state index contributed by atoms with van der Waals surface area (Å²) in [5, 5.41) is 0. The van der Waals surface area contributed by atoms with Crippen molar-refractivity contribution in [3.8, 4) is 0 Å². The van der Waals surface area contributed by atoms with Crippen molar-refractivity contribution in [1.29, 1.82) is 0 Å². The van der Waals surface area contributed by atoms with Gasteiger partial charge in [0.2, 0.25) is 15.9 Å². The van der Waals surface area contributed by atoms with Gasteiger partial charge < -0.3 is 10.6 Å². The van der Waals surface area contributed by atoms with Gasteiger partial charge in [0.25, 0.3) is 0 Å². The lowest BCUT2D eigenvalue weighted by molar-refractivity contribution is -0.128. The number of rotatable bonds is 6. The summed E-state index contributed by atoms with van der Waals surface area (Å²) in [6.07, 6.45) is 2.83. The second-order valence-corrected chi connectivity index (χ2v) is 8.60. The molecule has 1 amide bonds. The molecule has 0 bridgehead atoms. The highest BCUT2D eigenvalue weighted by molar-refractivity contribution is 7.89. The van der Waals surface area contributed by atoms with Gasteiger partial charge in [0.05, 0.1) is 4.90 Å². The van der Waals surface area contributed by atoms with Gasteiger partial charge in [-0.25, -0.2) is 13.1 Å². The van der Waals surface area contributed by atoms with Crippen LogP contribution in [0.3, 0.4) is 0 Å². The maximum atomic E-state index is 12.6. The van der Waals surface area contributed by atoms with E-state index >= 15 is 0 Å². The van der Waals surface area contributed by atoms with Crippen LogP contribution in [-0.2, 0) is 27.7 Å². The molecule has 0 aliphatic carbocycles. The summed E-state index contributed by atoms with van der Waals surface area (Å²) in [4.78, 5) is 13.6. The molecule has 1 aromatic carbocycles. The Morgan fingerprint density at radius 1 is 1.20 bits per heavy atom. The third-order valence-corrected chi connectivity index (χ3v) is 6.66. The van der Waals surface area contributed by atoms with Crippen molar-refractivity contribution in [3.05, 3.63) is 29.3 Å². The van der Waals surface area contributed by atoms with Gasteiger partial charge in [0.1, 0.15) is 0 Å². The molecule has 25 heavy (non-hydrogen) atoms. The molecule has 1 aliphatic heterocycles. The van der Waals surface area contributed by atoms with Crippen molar-refractivity contribution in [2.45, 2.75) is 56.9 Å². The van der Waals surface area contributed by atoms with Gasteiger partial charge >= 0.3 is 0 Å². The van der Waals surface area contributed by atoms with Crippen LogP contribution >= 0.6 is 0 Å². The number of amides is 1. The lowest BCUT2D eigenvalue weighted by Crippen LogP contribution is -2.49. The summed E-state index contributed by atoms with van der Waals surface area (Å²) < 4.78 is 27.9. The van der Waals surface area contributed by atoms with Crippen LogP contribution < -0.4 is 10.5 Å². The number of hydrogen-bond donors (Lipinski definition) is 2. The first-order valence-corrected chi connectivity index (χ1v) is 10.3. The van der Waals surface area contributed by atoms with E-state index in [-0.39, 0.29) is 17.3 Å². The lowest BCUT2D eigenvalue weighted by Gasteiger charge is -2.26. The van der Waals surface area contributed by atoms with Crippen LogP contribution in [0.15, 0.2) is 23.1 Å². The van der Waals surface area contributed by atoms with Crippen LogP contribution in [0.4, 0.5) is 0 Å². The first-order valence-electron chi connectivity index (χ1n) is 8.86. The van der Waals surface area contributed by atoms with E-state index in [1.54, 1.807) is 24.0 Å². The molecule has 0 aromatic heterocycles. The summed E-state index contributed by atoms with van der Waals surface area (Å²) in [5.74, 6) is 0.0562. The standard InChI is InChI=1S/C18H29N3O3S/c1-4-18(19,5-2)13-20-25(23,24)17-7-6-15-8-10-21(14(3)22)11-9-16(15)12-17/h6-7,12,20H,4-5,8-11,13,19H2,1-3H3. The maximum absolute atomic E-state index is 12.6. The van der Waals surface area contributed by atoms with Crippen molar-refractivity contribution in [3.63, 3.8) is 0 Å². The van der Waals surface area contributed by atoms with Crippen molar-refractivity contribution < 1.29 is 13.2 Å². The van der Waals surface area contributed by atoms with Crippen LogP contribution in [0.1, 0.15) is 44.7 Å². The Morgan fingerprint density at radius 3 is 2.36 bits per heavy atom. The molecule has 0 spiro atoms. The Morgan fingerprint density at radius 2 is 1.80 bits per heavy atom. The van der Waals surface area contributed by atoms with E-state index < -0.39 is 15.6 Å². The molecule has 2 rings (SSSR count). The van der Waals surface area contributed by atoms with Crippen molar-refractivity contribution in [2.75, 3.05) is 19.6 Å². The molecule has 1 aromatic rings. The number of fused-ring (bicyclic) bond motifs is 1. The number of carbonyl (C=O) groups is 1. The van der Waals surface area contributed by atoms with Gasteiger partial charge in [0, 0.05) is 32.1 Å². The monoisotopic (exact) mass is 367 g/mol. The summed E-state index contributed by atoms with van der Waals surface area (Å²) >= 11 is 0. The molecule has 7 heteroatoms. The molecule has 1 aliphatic rings. The zero-order valence-electron chi connectivity index (χ0n) is 15.3. The summed E-state index contributed by atoms with van der Waals surface area (Å²) in [5.41, 5.74) is 7.77. The lowest BCUT2D eigenvalue weighted by atomic mass is 9.95. The number of nitrogens with two attached hydrogens (primary N) is 1. The fraction of sp³-hybridized carbons (Fsp3) is 0.611. The summed E-state index contributed by atoms with van der Waals surface area (Å²) in [6, 6.07) is 5.24. The molecule has 140 valence electrons. The fourth-order valence-electron chi connectivity index (χ4n) is 3.01. The zero-order valence-corrected chi connectivity index (χ0v) is 16.2. The minimum Gasteiger partial charge on any atom is -0.342 e. The molecular formula is C18H29N3O3S. The Balaban J connectivity index is 2.17. The highest BCUT2D eigenvalue weighted by Crippen LogP contribution is 2.21. The second-order valence-electron chi connectivity index (χ2n) is 6.83. The SMILES string of the molecule is CCC(N)(CC)CNS(=O)(=O)c1ccc2c(c1)CCN(C(C)=O)CC2. The Kier molecular flexibility index (Phi) is 6.24. The van der Waals surface area contributed by atoms with E-state index in [1.807, 2.05) is 19.9 Å². The normalized spacial score (nSPS) is 15.6. The van der Waals surface area contributed by atoms with Crippen LogP contribution in [-0.4, -0.2) is 44.4 Å². The average molecular weight is 368 g/mol. The molecule has 0 saturated carbocycles. The summed E-state index contributed by atoms with van der Waals surface area (Å²) in [7, 11) is -3.60. The van der Waals surface area contributed by atoms with E-state index in [9.17, 15) is 13.2 Å². The van der Waals surface area contributed by atoms with Crippen molar-refractivity contribution >= 4 is 15.9 Å². The van der Waals surface area contributed by atoms with Crippen LogP contribution in [0, 0.1) is 0 Å². The number of nitrogens with zero attached hydrogens (tertiary/aromatic N) is 1. The number of sulfonamides is 1. The minimum atomic E-state index is -3.60. The molecule has 0 saturated heterocycles. The Labute approximate surface area is 150 Å². The third kappa shape index (κ3) is 4.80. The van der Waals surface area contributed by atoms with E-state index in [1.165, 1.54) is 0 Å². The molecule has 6 nitrogen and oxygen atoms in total.